The van der Waals surface area contributed by atoms with Crippen LogP contribution in [0.5, 0.6) is 5.75 Å². The average Bonchev–Trinajstić information content (AvgIpc) is 2.67. The van der Waals surface area contributed by atoms with Gasteiger partial charge in [0.15, 0.2) is 5.75 Å². The molecule has 0 saturated carbocycles. The molecule has 138 valence electrons. The first-order valence-corrected chi connectivity index (χ1v) is 9.64. The third-order valence-corrected chi connectivity index (χ3v) is 5.30. The van der Waals surface area contributed by atoms with Crippen LogP contribution in [0.4, 0.5) is 8.78 Å². The number of para-hydroxylation sites is 1. The molecule has 3 aromatic carbocycles. The molecule has 1 N–H and O–H groups in total. The molecular formula is C20H15F2NO3S. The Kier molecular flexibility index (Phi) is 4.41. The van der Waals surface area contributed by atoms with Crippen molar-refractivity contribution in [2.45, 2.75) is 13.0 Å². The Morgan fingerprint density at radius 3 is 2.07 bits per heavy atom. The Balaban J connectivity index is 1.67. The first kappa shape index (κ1) is 17.6. The zero-order chi connectivity index (χ0) is 19.0. The van der Waals surface area contributed by atoms with Gasteiger partial charge < -0.3 is 4.18 Å². The molecular weight excluding hydrogens is 372 g/mol. The van der Waals surface area contributed by atoms with Gasteiger partial charge >= 0.3 is 10.3 Å². The Bertz CT molecular complexity index is 1080. The maximum Gasteiger partial charge on any atom is 0.382 e. The summed E-state index contributed by atoms with van der Waals surface area (Å²) in [7, 11) is -3.80. The van der Waals surface area contributed by atoms with Crippen LogP contribution in [0.2, 0.25) is 0 Å². The quantitative estimate of drug-likeness (QED) is 0.710. The van der Waals surface area contributed by atoms with E-state index in [1.54, 1.807) is 24.3 Å². The topological polar surface area (TPSA) is 55.4 Å². The fourth-order valence-electron chi connectivity index (χ4n) is 3.02. The lowest BCUT2D eigenvalue weighted by Crippen LogP contribution is -2.32. The zero-order valence-corrected chi connectivity index (χ0v) is 14.8. The number of halogens is 2. The van der Waals surface area contributed by atoms with Gasteiger partial charge in [-0.2, -0.15) is 13.1 Å². The van der Waals surface area contributed by atoms with E-state index < -0.39 is 16.7 Å². The third kappa shape index (κ3) is 3.56. The van der Waals surface area contributed by atoms with E-state index in [1.807, 2.05) is 30.3 Å². The van der Waals surface area contributed by atoms with E-state index in [4.69, 9.17) is 4.18 Å². The summed E-state index contributed by atoms with van der Waals surface area (Å²) >= 11 is 0. The maximum absolute atomic E-state index is 12.7. The van der Waals surface area contributed by atoms with Crippen LogP contribution < -0.4 is 8.91 Å². The molecule has 7 heteroatoms. The van der Waals surface area contributed by atoms with Gasteiger partial charge in [-0.15, -0.1) is 0 Å². The van der Waals surface area contributed by atoms with Gasteiger partial charge in [0.2, 0.25) is 0 Å². The second-order valence-electron chi connectivity index (χ2n) is 6.15. The number of fused-ring (bicyclic) bond motifs is 1. The molecule has 0 unspecified atom stereocenters. The van der Waals surface area contributed by atoms with Gasteiger partial charge in [0, 0.05) is 23.2 Å². The molecule has 1 aliphatic heterocycles. The van der Waals surface area contributed by atoms with Crippen LogP contribution >= 0.6 is 0 Å². The zero-order valence-electron chi connectivity index (χ0n) is 14.0. The molecule has 1 heterocycles. The number of alkyl halides is 2. The molecule has 0 aliphatic carbocycles. The molecule has 1 aliphatic rings. The van der Waals surface area contributed by atoms with Crippen molar-refractivity contribution >= 4 is 10.3 Å². The molecule has 0 spiro atoms. The van der Waals surface area contributed by atoms with Crippen LogP contribution in [0.15, 0.2) is 66.7 Å². The SMILES string of the molecule is O=S1(=O)NCc2cccc(-c3ccc(-c4ccc(C(F)F)cc4)cc3)c2O1. The monoisotopic (exact) mass is 387 g/mol. The van der Waals surface area contributed by atoms with Crippen molar-refractivity contribution in [3.05, 3.63) is 77.9 Å². The largest absolute Gasteiger partial charge is 0.382 e. The van der Waals surface area contributed by atoms with Crippen LogP contribution in [0.1, 0.15) is 17.6 Å². The van der Waals surface area contributed by atoms with Gasteiger partial charge in [-0.05, 0) is 16.7 Å². The van der Waals surface area contributed by atoms with Crippen LogP contribution in [-0.4, -0.2) is 8.42 Å². The minimum atomic E-state index is -3.80. The van der Waals surface area contributed by atoms with Gasteiger partial charge in [-0.25, -0.2) is 8.78 Å². The van der Waals surface area contributed by atoms with Crippen molar-refractivity contribution in [3.63, 3.8) is 0 Å². The fourth-order valence-corrected chi connectivity index (χ4v) is 3.83. The number of hydrogen-bond acceptors (Lipinski definition) is 3. The van der Waals surface area contributed by atoms with Crippen molar-refractivity contribution in [1.82, 2.24) is 4.72 Å². The lowest BCUT2D eigenvalue weighted by molar-refractivity contribution is 0.151. The standard InChI is InChI=1S/C20H15F2NO3S/c21-20(22)16-10-6-14(7-11-16)13-4-8-15(9-5-13)18-3-1-2-17-12-23-27(24,25)26-19(17)18/h1-11,20,23H,12H2. The van der Waals surface area contributed by atoms with E-state index in [2.05, 4.69) is 4.72 Å². The highest BCUT2D eigenvalue weighted by atomic mass is 32.2. The summed E-state index contributed by atoms with van der Waals surface area (Å²) < 4.78 is 56.3. The molecule has 0 amide bonds. The second kappa shape index (κ2) is 6.75. The molecule has 3 aromatic rings. The molecule has 0 radical (unpaired) electrons. The van der Waals surface area contributed by atoms with Gasteiger partial charge in [-0.1, -0.05) is 66.7 Å². The molecule has 4 nitrogen and oxygen atoms in total. The van der Waals surface area contributed by atoms with Crippen LogP contribution in [0.3, 0.4) is 0 Å². The van der Waals surface area contributed by atoms with Gasteiger partial charge in [0.05, 0.1) is 0 Å². The lowest BCUT2D eigenvalue weighted by Gasteiger charge is -2.20. The summed E-state index contributed by atoms with van der Waals surface area (Å²) in [6.07, 6.45) is -2.49. The first-order chi connectivity index (χ1) is 12.9. The normalized spacial score (nSPS) is 15.2. The Labute approximate surface area is 155 Å². The van der Waals surface area contributed by atoms with E-state index in [0.717, 1.165) is 22.3 Å². The molecule has 4 rings (SSSR count). The summed E-state index contributed by atoms with van der Waals surface area (Å²) in [5.74, 6) is 0.324. The van der Waals surface area contributed by atoms with Crippen LogP contribution in [0.25, 0.3) is 22.3 Å². The molecule has 0 atom stereocenters. The molecule has 0 bridgehead atoms. The van der Waals surface area contributed by atoms with Gasteiger partial charge in [-0.3, -0.25) is 0 Å². The van der Waals surface area contributed by atoms with Crippen molar-refractivity contribution in [3.8, 4) is 28.0 Å². The lowest BCUT2D eigenvalue weighted by atomic mass is 9.98. The number of nitrogens with one attached hydrogen (secondary N) is 1. The minimum Gasteiger partial charge on any atom is -0.370 e. The molecule has 0 fully saturated rings. The van der Waals surface area contributed by atoms with E-state index >= 15 is 0 Å². The number of rotatable bonds is 3. The van der Waals surface area contributed by atoms with E-state index in [0.29, 0.717) is 11.3 Å². The maximum atomic E-state index is 12.7. The molecule has 0 saturated heterocycles. The summed E-state index contributed by atoms with van der Waals surface area (Å²) in [4.78, 5) is 0. The Morgan fingerprint density at radius 2 is 1.44 bits per heavy atom. The van der Waals surface area contributed by atoms with Crippen LogP contribution in [-0.2, 0) is 16.8 Å². The smallest absolute Gasteiger partial charge is 0.370 e. The number of hydrogen-bond donors (Lipinski definition) is 1. The van der Waals surface area contributed by atoms with Gasteiger partial charge in [0.25, 0.3) is 6.43 Å². The van der Waals surface area contributed by atoms with Crippen molar-refractivity contribution < 1.29 is 21.4 Å². The van der Waals surface area contributed by atoms with Gasteiger partial charge in [0.1, 0.15) is 0 Å². The second-order valence-corrected chi connectivity index (χ2v) is 7.52. The summed E-state index contributed by atoms with van der Waals surface area (Å²) in [6, 6.07) is 19.0. The number of benzene rings is 3. The predicted octanol–water partition coefficient (Wildman–Crippen LogP) is 4.69. The van der Waals surface area contributed by atoms with Crippen molar-refractivity contribution in [2.24, 2.45) is 0 Å². The molecule has 0 aromatic heterocycles. The van der Waals surface area contributed by atoms with E-state index in [1.165, 1.54) is 12.1 Å². The highest BCUT2D eigenvalue weighted by molar-refractivity contribution is 7.85. The van der Waals surface area contributed by atoms with Crippen LogP contribution in [0, 0.1) is 0 Å². The fraction of sp³-hybridized carbons (Fsp3) is 0.100. The molecule has 27 heavy (non-hydrogen) atoms. The predicted molar refractivity (Wildman–Crippen MR) is 98.7 cm³/mol. The third-order valence-electron chi connectivity index (χ3n) is 4.42. The summed E-state index contributed by atoms with van der Waals surface area (Å²) in [6.45, 7) is 0.181. The highest BCUT2D eigenvalue weighted by Gasteiger charge is 2.24. The van der Waals surface area contributed by atoms with E-state index in [-0.39, 0.29) is 12.1 Å². The summed E-state index contributed by atoms with van der Waals surface area (Å²) in [5, 5.41) is 0. The average molecular weight is 387 g/mol. The Morgan fingerprint density at radius 1 is 0.852 bits per heavy atom. The first-order valence-electron chi connectivity index (χ1n) is 8.23. The summed E-state index contributed by atoms with van der Waals surface area (Å²) in [5.41, 5.74) is 3.92. The highest BCUT2D eigenvalue weighted by Crippen LogP contribution is 2.37. The van der Waals surface area contributed by atoms with E-state index in [9.17, 15) is 17.2 Å². The van der Waals surface area contributed by atoms with Crippen molar-refractivity contribution in [2.75, 3.05) is 0 Å². The van der Waals surface area contributed by atoms with Crippen molar-refractivity contribution in [1.29, 1.82) is 0 Å². The Hall–Kier alpha value is -2.77. The minimum absolute atomic E-state index is 0.0155.